The second-order valence-electron chi connectivity index (χ2n) is 15.2. The number of Topliss-reactive ketones (excluding diaryl/α,β-unsaturated/α-hetero) is 2. The summed E-state index contributed by atoms with van der Waals surface area (Å²) in [5.41, 5.74) is -2.69. The number of hydrogen-bond acceptors (Lipinski definition) is 14. The van der Waals surface area contributed by atoms with E-state index in [4.69, 9.17) is 9.47 Å². The molecule has 2 aliphatic rings. The number of allylic oxidation sites excluding steroid dienone is 4. The van der Waals surface area contributed by atoms with Crippen LogP contribution in [0.5, 0.6) is 0 Å². The molecule has 0 saturated carbocycles. The number of ketones is 2. The number of fused-ring (bicyclic) bond motifs is 7. The number of nitriles is 4. The average Bonchev–Trinajstić information content (AvgIpc) is 4.19. The van der Waals surface area contributed by atoms with Gasteiger partial charge in [0.15, 0.2) is 23.3 Å². The molecular weight excluding hydrogens is 949 g/mol. The lowest BCUT2D eigenvalue weighted by Gasteiger charge is -2.07. The maximum Gasteiger partial charge on any atom is 0.419 e. The van der Waals surface area contributed by atoms with Crippen molar-refractivity contribution >= 4 is 110 Å². The number of hydrogen-bond donors (Lipinski definition) is 0. The fraction of sp³-hybridized carbons (Fsp3) is 0.0400. The smallest absolute Gasteiger partial charge is 0.419 e. The lowest BCUT2D eigenvalue weighted by Crippen LogP contribution is -2.13. The van der Waals surface area contributed by atoms with Crippen molar-refractivity contribution in [3.63, 3.8) is 0 Å². The van der Waals surface area contributed by atoms with E-state index in [1.165, 1.54) is 12.1 Å². The monoisotopic (exact) mass is 968 g/mol. The standard InChI is InChI=1S/C50H20F4N8O6S2/c51-31-11-27-29(13-33(31)53)45(63)41(39(27)25(17-55)18-56)59-37-15-35-47(69-37)44-43(61(35)49(65)67-21-23-7-3-1-4-8-23)48-36(62(44)50(66)68-22-24-9-5-2-6-10-24)16-38(70-48)60-42-40(26(19-57)20-58)28-12-32(52)34(54)14-30(28)46(42)64/h1-16H,21-22H2. The Morgan fingerprint density at radius 3 is 1.21 bits per heavy atom. The number of thiophene rings is 2. The molecule has 70 heavy (non-hydrogen) atoms. The maximum atomic E-state index is 14.6. The summed E-state index contributed by atoms with van der Waals surface area (Å²) in [6, 6.07) is 29.4. The SMILES string of the molecule is N#CC(C#N)=C1C(=Nc2cc3c(s2)c2c(c4sc(N=C5C(=O)c6cc(F)c(F)cc6C5=C(C#N)C#N)cc4n2C(=O)OCc2ccccc2)n3C(=O)OCc2ccccc2)C(=O)c2cc(F)c(F)cc21. The molecule has 0 spiro atoms. The quantitative estimate of drug-likeness (QED) is 0.113. The van der Waals surface area contributed by atoms with Gasteiger partial charge in [-0.05, 0) is 47.5 Å². The summed E-state index contributed by atoms with van der Waals surface area (Å²) in [4.78, 5) is 65.8. The van der Waals surface area contributed by atoms with E-state index in [0.717, 1.165) is 31.8 Å². The zero-order valence-electron chi connectivity index (χ0n) is 35.0. The molecule has 8 aromatic rings. The zero-order chi connectivity index (χ0) is 49.1. The van der Waals surface area contributed by atoms with Crippen molar-refractivity contribution in [1.82, 2.24) is 9.13 Å². The van der Waals surface area contributed by atoms with Crippen LogP contribution in [0, 0.1) is 68.6 Å². The van der Waals surface area contributed by atoms with Gasteiger partial charge in [-0.3, -0.25) is 9.59 Å². The van der Waals surface area contributed by atoms with Crippen LogP contribution in [0.3, 0.4) is 0 Å². The number of carbonyl (C=O) groups excluding carboxylic acids is 4. The fourth-order valence-corrected chi connectivity index (χ4v) is 10.3. The van der Waals surface area contributed by atoms with Gasteiger partial charge in [-0.1, -0.05) is 60.7 Å². The zero-order valence-corrected chi connectivity index (χ0v) is 36.6. The highest BCUT2D eigenvalue weighted by atomic mass is 32.1. The molecule has 0 aliphatic heterocycles. The van der Waals surface area contributed by atoms with Crippen LogP contribution in [0.1, 0.15) is 43.0 Å². The molecule has 0 radical (unpaired) electrons. The van der Waals surface area contributed by atoms with Crippen molar-refractivity contribution in [1.29, 1.82) is 21.0 Å². The average molecular weight is 969 g/mol. The summed E-state index contributed by atoms with van der Waals surface area (Å²) < 4.78 is 72.4. The van der Waals surface area contributed by atoms with Crippen LogP contribution in [-0.2, 0) is 22.7 Å². The van der Waals surface area contributed by atoms with Gasteiger partial charge in [0.05, 0.1) is 31.5 Å². The lowest BCUT2D eigenvalue weighted by atomic mass is 10.0. The summed E-state index contributed by atoms with van der Waals surface area (Å²) >= 11 is 1.70. The molecule has 0 atom stereocenters. The van der Waals surface area contributed by atoms with E-state index in [9.17, 15) is 57.8 Å². The largest absolute Gasteiger partial charge is 0.444 e. The molecule has 14 nitrogen and oxygen atoms in total. The lowest BCUT2D eigenvalue weighted by molar-refractivity contribution is 0.106. The van der Waals surface area contributed by atoms with E-state index in [1.54, 1.807) is 84.9 Å². The molecule has 336 valence electrons. The Labute approximate surface area is 397 Å². The molecule has 0 unspecified atom stereocenters. The molecule has 0 bridgehead atoms. The van der Waals surface area contributed by atoms with Crippen LogP contribution < -0.4 is 0 Å². The first-order valence-electron chi connectivity index (χ1n) is 20.2. The molecular formula is C50H20F4N8O6S2. The van der Waals surface area contributed by atoms with Crippen LogP contribution >= 0.6 is 22.7 Å². The van der Waals surface area contributed by atoms with Crippen molar-refractivity contribution in [3.05, 3.63) is 165 Å². The van der Waals surface area contributed by atoms with Crippen LogP contribution in [0.4, 0.5) is 37.2 Å². The van der Waals surface area contributed by atoms with Gasteiger partial charge in [0, 0.05) is 33.4 Å². The van der Waals surface area contributed by atoms with Crippen molar-refractivity contribution in [3.8, 4) is 24.3 Å². The number of aromatic nitrogens is 2. The van der Waals surface area contributed by atoms with Gasteiger partial charge in [0.1, 0.15) is 70.1 Å². The predicted molar refractivity (Wildman–Crippen MR) is 247 cm³/mol. The maximum absolute atomic E-state index is 14.6. The summed E-state index contributed by atoms with van der Waals surface area (Å²) in [7, 11) is 0. The van der Waals surface area contributed by atoms with Crippen LogP contribution in [0.25, 0.3) is 42.6 Å². The van der Waals surface area contributed by atoms with Crippen molar-refractivity contribution in [2.75, 3.05) is 0 Å². The molecule has 4 aromatic heterocycles. The van der Waals surface area contributed by atoms with E-state index in [2.05, 4.69) is 9.98 Å². The minimum absolute atomic E-state index is 0.0283. The number of rotatable bonds is 6. The fourth-order valence-electron chi connectivity index (χ4n) is 8.17. The van der Waals surface area contributed by atoms with Gasteiger partial charge < -0.3 is 9.47 Å². The third kappa shape index (κ3) is 7.12. The Balaban J connectivity index is 1.22. The Bertz CT molecular complexity index is 3730. The minimum Gasteiger partial charge on any atom is -0.444 e. The number of ether oxygens (including phenoxy) is 2. The predicted octanol–water partition coefficient (Wildman–Crippen LogP) is 11.3. The molecule has 0 fully saturated rings. The minimum atomic E-state index is -1.36. The van der Waals surface area contributed by atoms with Crippen molar-refractivity contribution in [2.24, 2.45) is 9.98 Å². The van der Waals surface area contributed by atoms with Crippen LogP contribution in [0.15, 0.2) is 118 Å². The van der Waals surface area contributed by atoms with E-state index < -0.39 is 69.6 Å². The van der Waals surface area contributed by atoms with Crippen molar-refractivity contribution < 1.29 is 46.2 Å². The van der Waals surface area contributed by atoms with Crippen molar-refractivity contribution in [2.45, 2.75) is 13.2 Å². The van der Waals surface area contributed by atoms with Crippen LogP contribution in [-0.4, -0.2) is 44.3 Å². The third-order valence-corrected chi connectivity index (χ3v) is 13.3. The molecule has 20 heteroatoms. The molecule has 0 N–H and O–H groups in total. The molecule has 2 aliphatic carbocycles. The molecule has 10 rings (SSSR count). The Morgan fingerprint density at radius 2 is 0.871 bits per heavy atom. The molecule has 0 amide bonds. The van der Waals surface area contributed by atoms with Gasteiger partial charge in [-0.25, -0.2) is 46.3 Å². The Kier molecular flexibility index (Phi) is 10.9. The summed E-state index contributed by atoms with van der Waals surface area (Å²) in [5.74, 6) is -7.28. The molecule has 0 saturated heterocycles. The first kappa shape index (κ1) is 44.2. The van der Waals surface area contributed by atoms with E-state index >= 15 is 0 Å². The second-order valence-corrected chi connectivity index (χ2v) is 17.3. The van der Waals surface area contributed by atoms with E-state index in [0.29, 0.717) is 35.4 Å². The molecule has 4 heterocycles. The second kappa shape index (κ2) is 17.2. The van der Waals surface area contributed by atoms with Gasteiger partial charge in [-0.15, -0.1) is 22.7 Å². The number of benzene rings is 4. The third-order valence-electron chi connectivity index (χ3n) is 11.2. The molecule has 4 aromatic carbocycles. The number of halogens is 4. The van der Waals surface area contributed by atoms with Gasteiger partial charge in [-0.2, -0.15) is 21.0 Å². The highest BCUT2D eigenvalue weighted by Gasteiger charge is 2.38. The van der Waals surface area contributed by atoms with Gasteiger partial charge >= 0.3 is 12.2 Å². The number of aliphatic imine (C=N–C) groups is 2. The highest BCUT2D eigenvalue weighted by molar-refractivity contribution is 7.25. The first-order chi connectivity index (χ1) is 33.8. The van der Waals surface area contributed by atoms with E-state index in [-0.39, 0.29) is 88.1 Å². The topological polar surface area (TPSA) is 216 Å². The highest BCUT2D eigenvalue weighted by Crippen LogP contribution is 2.49. The Morgan fingerprint density at radius 1 is 0.529 bits per heavy atom. The normalized spacial score (nSPS) is 13.9. The van der Waals surface area contributed by atoms with Gasteiger partial charge in [0.25, 0.3) is 0 Å². The Hall–Kier alpha value is -9.60. The first-order valence-corrected chi connectivity index (χ1v) is 21.9. The summed E-state index contributed by atoms with van der Waals surface area (Å²) in [6.45, 7) is -0.463. The summed E-state index contributed by atoms with van der Waals surface area (Å²) in [6.07, 6.45) is -1.95. The number of nitrogens with zero attached hydrogens (tertiary/aromatic N) is 8. The van der Waals surface area contributed by atoms with Gasteiger partial charge in [0.2, 0.25) is 11.6 Å². The summed E-state index contributed by atoms with van der Waals surface area (Å²) in [5, 5.41) is 39.4. The van der Waals surface area contributed by atoms with E-state index in [1.807, 2.05) is 0 Å². The number of carbonyl (C=O) groups is 4. The van der Waals surface area contributed by atoms with Crippen LogP contribution in [0.2, 0.25) is 0 Å².